The Morgan fingerprint density at radius 2 is 2.12 bits per heavy atom. The third kappa shape index (κ3) is 3.97. The fourth-order valence-electron chi connectivity index (χ4n) is 3.02. The number of nitrogens with zero attached hydrogens (tertiary/aromatic N) is 3. The molecule has 8 nitrogen and oxygen atoms in total. The molecule has 1 atom stereocenters. The Hall–Kier alpha value is -2.58. The molecule has 140 valence electrons. The van der Waals surface area contributed by atoms with Crippen LogP contribution in [0.5, 0.6) is 11.5 Å². The number of H-pyrrole nitrogens is 1. The van der Waals surface area contributed by atoms with Gasteiger partial charge >= 0.3 is 0 Å². The lowest BCUT2D eigenvalue weighted by Gasteiger charge is -2.38. The molecule has 1 aromatic heterocycles. The zero-order valence-electron chi connectivity index (χ0n) is 15.0. The number of ether oxygens (including phenoxy) is 2. The van der Waals surface area contributed by atoms with Crippen molar-refractivity contribution in [1.82, 2.24) is 20.0 Å². The molecule has 1 amide bonds. The number of aliphatic hydroxyl groups excluding tert-OH is 1. The van der Waals surface area contributed by atoms with Gasteiger partial charge in [0, 0.05) is 19.6 Å². The van der Waals surface area contributed by atoms with E-state index in [0.29, 0.717) is 36.0 Å². The van der Waals surface area contributed by atoms with Gasteiger partial charge in [-0.25, -0.2) is 0 Å². The monoisotopic (exact) mass is 360 g/mol. The lowest BCUT2D eigenvalue weighted by molar-refractivity contribution is 0.0351. The Morgan fingerprint density at radius 1 is 1.35 bits per heavy atom. The van der Waals surface area contributed by atoms with E-state index in [0.717, 1.165) is 6.54 Å². The first-order valence-electron chi connectivity index (χ1n) is 8.53. The third-order valence-corrected chi connectivity index (χ3v) is 4.46. The van der Waals surface area contributed by atoms with Crippen molar-refractivity contribution in [3.8, 4) is 11.5 Å². The minimum absolute atomic E-state index is 0.0652. The van der Waals surface area contributed by atoms with Gasteiger partial charge < -0.3 is 24.4 Å². The molecule has 1 saturated heterocycles. The summed E-state index contributed by atoms with van der Waals surface area (Å²) < 4.78 is 11.0. The molecular formula is C18H24N4O4. The van der Waals surface area contributed by atoms with E-state index < -0.39 is 0 Å². The molecule has 1 fully saturated rings. The van der Waals surface area contributed by atoms with E-state index in [1.165, 1.54) is 0 Å². The molecule has 0 aliphatic carbocycles. The second-order valence-electron chi connectivity index (χ2n) is 6.32. The second-order valence-corrected chi connectivity index (χ2v) is 6.32. The van der Waals surface area contributed by atoms with Crippen LogP contribution in [0.3, 0.4) is 0 Å². The zero-order valence-corrected chi connectivity index (χ0v) is 15.0. The number of aliphatic hydroxyl groups is 1. The molecule has 2 heterocycles. The summed E-state index contributed by atoms with van der Waals surface area (Å²) in [4.78, 5) is 16.5. The lowest BCUT2D eigenvalue weighted by Crippen LogP contribution is -2.55. The molecule has 3 rings (SSSR count). The molecule has 1 aliphatic heterocycles. The molecule has 0 bridgehead atoms. The number of amides is 1. The van der Waals surface area contributed by atoms with Crippen LogP contribution in [0.4, 0.5) is 0 Å². The lowest BCUT2D eigenvalue weighted by atomic mass is 10.1. The van der Waals surface area contributed by atoms with Crippen molar-refractivity contribution in [3.05, 3.63) is 41.7 Å². The van der Waals surface area contributed by atoms with Crippen molar-refractivity contribution < 1.29 is 19.4 Å². The second kappa shape index (κ2) is 8.20. The molecular weight excluding hydrogens is 336 g/mol. The van der Waals surface area contributed by atoms with Crippen LogP contribution in [-0.4, -0.2) is 77.5 Å². The van der Waals surface area contributed by atoms with Gasteiger partial charge in [0.1, 0.15) is 6.61 Å². The van der Waals surface area contributed by atoms with Gasteiger partial charge in [-0.2, -0.15) is 5.10 Å². The minimum atomic E-state index is -0.216. The van der Waals surface area contributed by atoms with Crippen LogP contribution < -0.4 is 9.47 Å². The molecule has 1 aromatic carbocycles. The van der Waals surface area contributed by atoms with Crippen LogP contribution in [0.25, 0.3) is 0 Å². The van der Waals surface area contributed by atoms with Crippen molar-refractivity contribution in [2.75, 3.05) is 40.4 Å². The first-order valence-corrected chi connectivity index (χ1v) is 8.53. The average Bonchev–Trinajstić information content (AvgIpc) is 3.15. The van der Waals surface area contributed by atoms with E-state index in [-0.39, 0.29) is 25.2 Å². The van der Waals surface area contributed by atoms with E-state index in [2.05, 4.69) is 15.1 Å². The normalized spacial score (nSPS) is 18.0. The maximum absolute atomic E-state index is 12.7. The van der Waals surface area contributed by atoms with Gasteiger partial charge in [0.15, 0.2) is 17.2 Å². The van der Waals surface area contributed by atoms with E-state index in [4.69, 9.17) is 9.47 Å². The van der Waals surface area contributed by atoms with Crippen LogP contribution in [0.15, 0.2) is 30.3 Å². The summed E-state index contributed by atoms with van der Waals surface area (Å²) >= 11 is 0. The largest absolute Gasteiger partial charge is 0.493 e. The highest BCUT2D eigenvalue weighted by Gasteiger charge is 2.30. The summed E-state index contributed by atoms with van der Waals surface area (Å²) in [5.41, 5.74) is 1.01. The van der Waals surface area contributed by atoms with Gasteiger partial charge in [-0.3, -0.25) is 9.89 Å². The summed E-state index contributed by atoms with van der Waals surface area (Å²) in [7, 11) is 3.56. The molecule has 0 unspecified atom stereocenters. The molecule has 2 N–H and O–H groups in total. The van der Waals surface area contributed by atoms with E-state index in [1.54, 1.807) is 18.1 Å². The Balaban J connectivity index is 1.64. The number of hydrogen-bond acceptors (Lipinski definition) is 6. The Kier molecular flexibility index (Phi) is 5.75. The fourth-order valence-corrected chi connectivity index (χ4v) is 3.02. The molecule has 0 spiro atoms. The summed E-state index contributed by atoms with van der Waals surface area (Å²) in [5, 5.41) is 16.5. The van der Waals surface area contributed by atoms with Gasteiger partial charge in [-0.05, 0) is 25.2 Å². The van der Waals surface area contributed by atoms with Crippen molar-refractivity contribution in [2.24, 2.45) is 0 Å². The number of hydrogen-bond donors (Lipinski definition) is 2. The Morgan fingerprint density at radius 3 is 2.85 bits per heavy atom. The van der Waals surface area contributed by atoms with Crippen molar-refractivity contribution in [1.29, 1.82) is 0 Å². The van der Waals surface area contributed by atoms with Crippen LogP contribution >= 0.6 is 0 Å². The van der Waals surface area contributed by atoms with E-state index >= 15 is 0 Å². The number of aromatic nitrogens is 2. The minimum Gasteiger partial charge on any atom is -0.493 e. The molecule has 0 saturated carbocycles. The molecule has 8 heteroatoms. The molecule has 26 heavy (non-hydrogen) atoms. The first-order chi connectivity index (χ1) is 12.6. The molecule has 1 aliphatic rings. The van der Waals surface area contributed by atoms with Gasteiger partial charge in [0.25, 0.3) is 5.91 Å². The summed E-state index contributed by atoms with van der Waals surface area (Å²) in [6, 6.07) is 8.84. The zero-order chi connectivity index (χ0) is 18.5. The predicted octanol–water partition coefficient (Wildman–Crippen LogP) is 0.746. The van der Waals surface area contributed by atoms with Crippen LogP contribution in [0, 0.1) is 0 Å². The quantitative estimate of drug-likeness (QED) is 0.790. The Bertz CT molecular complexity index is 748. The topological polar surface area (TPSA) is 90.9 Å². The highest BCUT2D eigenvalue weighted by Crippen LogP contribution is 2.26. The fraction of sp³-hybridized carbons (Fsp3) is 0.444. The Labute approximate surface area is 152 Å². The highest BCUT2D eigenvalue weighted by molar-refractivity contribution is 5.92. The van der Waals surface area contributed by atoms with Crippen LogP contribution in [0.1, 0.15) is 16.2 Å². The van der Waals surface area contributed by atoms with Crippen LogP contribution in [-0.2, 0) is 6.61 Å². The number of para-hydroxylation sites is 2. The SMILES string of the molecule is COc1ccccc1OCc1cc(C(=O)N2CCN(C)C[C@H]2CO)n[nH]1. The summed E-state index contributed by atoms with van der Waals surface area (Å²) in [5.74, 6) is 1.08. The summed E-state index contributed by atoms with van der Waals surface area (Å²) in [6.07, 6.45) is 0. The number of aromatic amines is 1. The number of benzene rings is 1. The van der Waals surface area contributed by atoms with Crippen molar-refractivity contribution in [2.45, 2.75) is 12.6 Å². The summed E-state index contributed by atoms with van der Waals surface area (Å²) in [6.45, 7) is 2.17. The van der Waals surface area contributed by atoms with E-state index in [9.17, 15) is 9.90 Å². The van der Waals surface area contributed by atoms with Crippen molar-refractivity contribution in [3.63, 3.8) is 0 Å². The van der Waals surface area contributed by atoms with Gasteiger partial charge in [-0.1, -0.05) is 12.1 Å². The predicted molar refractivity (Wildman–Crippen MR) is 95.3 cm³/mol. The van der Waals surface area contributed by atoms with Gasteiger partial charge in [0.2, 0.25) is 0 Å². The number of nitrogens with one attached hydrogen (secondary N) is 1. The standard InChI is InChI=1S/C18H24N4O4/c1-21-7-8-22(14(10-21)11-23)18(24)15-9-13(19-20-15)12-26-17-6-4-3-5-16(17)25-2/h3-6,9,14,23H,7-8,10-12H2,1-2H3,(H,19,20)/t14-/m0/s1. The molecule has 2 aromatic rings. The van der Waals surface area contributed by atoms with Gasteiger partial charge in [0.05, 0.1) is 25.5 Å². The number of likely N-dealkylation sites (N-methyl/N-ethyl adjacent to an activating group) is 1. The van der Waals surface area contributed by atoms with E-state index in [1.807, 2.05) is 31.3 Å². The smallest absolute Gasteiger partial charge is 0.274 e. The maximum Gasteiger partial charge on any atom is 0.274 e. The molecule has 0 radical (unpaired) electrons. The van der Waals surface area contributed by atoms with Crippen molar-refractivity contribution >= 4 is 5.91 Å². The van der Waals surface area contributed by atoms with Crippen LogP contribution in [0.2, 0.25) is 0 Å². The number of carbonyl (C=O) groups is 1. The number of methoxy groups -OCH3 is 1. The number of carbonyl (C=O) groups excluding carboxylic acids is 1. The number of piperazine rings is 1. The third-order valence-electron chi connectivity index (χ3n) is 4.46. The average molecular weight is 360 g/mol. The highest BCUT2D eigenvalue weighted by atomic mass is 16.5. The number of rotatable bonds is 6. The first kappa shape index (κ1) is 18.2. The maximum atomic E-state index is 12.7. The van der Waals surface area contributed by atoms with Gasteiger partial charge in [-0.15, -0.1) is 0 Å².